The number of hydrogen-bond acceptors (Lipinski definition) is 2. The maximum Gasteiger partial charge on any atom is 0.0345 e. The summed E-state index contributed by atoms with van der Waals surface area (Å²) in [4.78, 5) is 0. The normalized spacial score (nSPS) is 18.4. The molecule has 19 heavy (non-hydrogen) atoms. The van der Waals surface area contributed by atoms with E-state index in [2.05, 4.69) is 59.2 Å². The molecule has 0 radical (unpaired) electrons. The summed E-state index contributed by atoms with van der Waals surface area (Å²) in [7, 11) is 0. The summed E-state index contributed by atoms with van der Waals surface area (Å²) in [5, 5.41) is 7.06. The second-order valence-electron chi connectivity index (χ2n) is 5.10. The minimum Gasteiger partial charge on any atom is -0.312 e. The number of fused-ring (bicyclic) bond motifs is 2. The van der Waals surface area contributed by atoms with Gasteiger partial charge in [0.05, 0.1) is 0 Å². The molecule has 1 aliphatic rings. The van der Waals surface area contributed by atoms with Gasteiger partial charge in [-0.25, -0.2) is 0 Å². The lowest BCUT2D eigenvalue weighted by molar-refractivity contribution is 0.592. The Hall–Kier alpha value is -1.64. The molecule has 2 aromatic carbocycles. The molecular formula is C17H15NS. The average Bonchev–Trinajstić information content (AvgIpc) is 2.94. The molecule has 3 aromatic rings. The third-order valence-electron chi connectivity index (χ3n) is 3.98. The molecule has 4 rings (SSSR count). The van der Waals surface area contributed by atoms with Gasteiger partial charge in [-0.2, -0.15) is 0 Å². The summed E-state index contributed by atoms with van der Waals surface area (Å²) in [5.41, 5.74) is 4.34. The molecule has 0 fully saturated rings. The molecule has 0 saturated heterocycles. The molecule has 1 aromatic heterocycles. The van der Waals surface area contributed by atoms with E-state index in [0.717, 1.165) is 13.1 Å². The number of rotatable bonds is 1. The summed E-state index contributed by atoms with van der Waals surface area (Å²) < 4.78 is 1.39. The van der Waals surface area contributed by atoms with Crippen LogP contribution in [-0.4, -0.2) is 6.54 Å². The molecule has 0 amide bonds. The van der Waals surface area contributed by atoms with Crippen LogP contribution in [0.3, 0.4) is 0 Å². The zero-order chi connectivity index (χ0) is 12.7. The second kappa shape index (κ2) is 4.48. The molecule has 1 N–H and O–H groups in total. The molecule has 2 heterocycles. The van der Waals surface area contributed by atoms with Crippen LogP contribution in [0.15, 0.2) is 53.9 Å². The van der Waals surface area contributed by atoms with E-state index < -0.39 is 0 Å². The quantitative estimate of drug-likeness (QED) is 0.697. The molecule has 0 unspecified atom stereocenters. The number of thiophene rings is 1. The highest BCUT2D eigenvalue weighted by Gasteiger charge is 2.21. The van der Waals surface area contributed by atoms with Gasteiger partial charge in [0, 0.05) is 23.7 Å². The van der Waals surface area contributed by atoms with Gasteiger partial charge >= 0.3 is 0 Å². The highest BCUT2D eigenvalue weighted by Crippen LogP contribution is 2.32. The largest absolute Gasteiger partial charge is 0.312 e. The van der Waals surface area contributed by atoms with Crippen LogP contribution in [-0.2, 0) is 6.54 Å². The van der Waals surface area contributed by atoms with Gasteiger partial charge in [0.25, 0.3) is 0 Å². The molecule has 0 saturated carbocycles. The van der Waals surface area contributed by atoms with E-state index in [1.807, 2.05) is 11.3 Å². The predicted molar refractivity (Wildman–Crippen MR) is 81.8 cm³/mol. The fourth-order valence-electron chi connectivity index (χ4n) is 2.98. The van der Waals surface area contributed by atoms with Gasteiger partial charge in [0.15, 0.2) is 0 Å². The van der Waals surface area contributed by atoms with Crippen molar-refractivity contribution in [2.45, 2.75) is 12.5 Å². The molecule has 0 bridgehead atoms. The summed E-state index contributed by atoms with van der Waals surface area (Å²) in [6.45, 7) is 2.03. The van der Waals surface area contributed by atoms with Crippen LogP contribution in [0.2, 0.25) is 0 Å². The first-order valence-electron chi connectivity index (χ1n) is 6.67. The van der Waals surface area contributed by atoms with E-state index in [-0.39, 0.29) is 0 Å². The fraction of sp³-hybridized carbons (Fsp3) is 0.176. The first kappa shape index (κ1) is 11.2. The van der Waals surface area contributed by atoms with E-state index in [4.69, 9.17) is 0 Å². The maximum absolute atomic E-state index is 3.53. The van der Waals surface area contributed by atoms with Gasteiger partial charge in [-0.1, -0.05) is 36.4 Å². The van der Waals surface area contributed by atoms with Gasteiger partial charge in [-0.15, -0.1) is 11.3 Å². The lowest BCUT2D eigenvalue weighted by atomic mass is 9.85. The Balaban J connectivity index is 1.84. The standard InChI is InChI=1S/C17H15NS/c1-2-4-15-14(3-1)10-18-11-16(15)13-6-5-12-7-8-19-17(12)9-13/h1-9,16,18H,10-11H2/t16-/m1/s1. The topological polar surface area (TPSA) is 12.0 Å². The lowest BCUT2D eigenvalue weighted by Gasteiger charge is -2.26. The van der Waals surface area contributed by atoms with Crippen molar-refractivity contribution >= 4 is 21.4 Å². The average molecular weight is 265 g/mol. The predicted octanol–water partition coefficient (Wildman–Crippen LogP) is 4.14. The molecule has 0 aliphatic carbocycles. The van der Waals surface area contributed by atoms with Crippen molar-refractivity contribution in [2.24, 2.45) is 0 Å². The third-order valence-corrected chi connectivity index (χ3v) is 4.86. The van der Waals surface area contributed by atoms with Crippen LogP contribution >= 0.6 is 11.3 Å². The molecule has 1 atom stereocenters. The summed E-state index contributed by atoms with van der Waals surface area (Å²) in [6, 6.07) is 17.9. The Kier molecular flexibility index (Phi) is 2.64. The van der Waals surface area contributed by atoms with Crippen LogP contribution < -0.4 is 5.32 Å². The van der Waals surface area contributed by atoms with Gasteiger partial charge in [0.1, 0.15) is 0 Å². The molecule has 94 valence electrons. The van der Waals surface area contributed by atoms with Crippen molar-refractivity contribution in [1.82, 2.24) is 5.32 Å². The SMILES string of the molecule is c1ccc2c(c1)CNC[C@@H]2c1ccc2ccsc2c1. The van der Waals surface area contributed by atoms with Crippen molar-refractivity contribution < 1.29 is 0 Å². The van der Waals surface area contributed by atoms with Crippen molar-refractivity contribution in [3.63, 3.8) is 0 Å². The van der Waals surface area contributed by atoms with Crippen molar-refractivity contribution in [3.05, 3.63) is 70.6 Å². The van der Waals surface area contributed by atoms with Crippen LogP contribution in [0.4, 0.5) is 0 Å². The Morgan fingerprint density at radius 2 is 2.00 bits per heavy atom. The fourth-order valence-corrected chi connectivity index (χ4v) is 3.82. The lowest BCUT2D eigenvalue weighted by Crippen LogP contribution is -2.28. The molecule has 1 aliphatic heterocycles. The Morgan fingerprint density at radius 1 is 1.05 bits per heavy atom. The maximum atomic E-state index is 3.53. The van der Waals surface area contributed by atoms with E-state index >= 15 is 0 Å². The number of benzene rings is 2. The van der Waals surface area contributed by atoms with E-state index in [9.17, 15) is 0 Å². The van der Waals surface area contributed by atoms with Gasteiger partial charge in [-0.05, 0) is 39.6 Å². The van der Waals surface area contributed by atoms with Gasteiger partial charge in [-0.3, -0.25) is 0 Å². The monoisotopic (exact) mass is 265 g/mol. The highest BCUT2D eigenvalue weighted by atomic mass is 32.1. The van der Waals surface area contributed by atoms with Gasteiger partial charge < -0.3 is 5.32 Å². The minimum atomic E-state index is 0.483. The zero-order valence-corrected chi connectivity index (χ0v) is 11.4. The van der Waals surface area contributed by atoms with Crippen molar-refractivity contribution in [3.8, 4) is 0 Å². The Bertz CT molecular complexity index is 729. The van der Waals surface area contributed by atoms with Crippen LogP contribution in [0.25, 0.3) is 10.1 Å². The van der Waals surface area contributed by atoms with Crippen LogP contribution in [0.1, 0.15) is 22.6 Å². The number of hydrogen-bond donors (Lipinski definition) is 1. The van der Waals surface area contributed by atoms with Gasteiger partial charge in [0.2, 0.25) is 0 Å². The van der Waals surface area contributed by atoms with Crippen LogP contribution in [0.5, 0.6) is 0 Å². The smallest absolute Gasteiger partial charge is 0.0345 e. The first-order chi connectivity index (χ1) is 9.42. The van der Waals surface area contributed by atoms with Crippen molar-refractivity contribution in [2.75, 3.05) is 6.54 Å². The molecular weight excluding hydrogens is 250 g/mol. The van der Waals surface area contributed by atoms with E-state index in [1.165, 1.54) is 26.8 Å². The Labute approximate surface area is 116 Å². The summed E-state index contributed by atoms with van der Waals surface area (Å²) in [5.74, 6) is 0.483. The van der Waals surface area contributed by atoms with Crippen LogP contribution in [0, 0.1) is 0 Å². The van der Waals surface area contributed by atoms with E-state index in [0.29, 0.717) is 5.92 Å². The summed E-state index contributed by atoms with van der Waals surface area (Å²) in [6.07, 6.45) is 0. The molecule has 1 nitrogen and oxygen atoms in total. The highest BCUT2D eigenvalue weighted by molar-refractivity contribution is 7.17. The Morgan fingerprint density at radius 3 is 3.00 bits per heavy atom. The molecule has 0 spiro atoms. The molecule has 2 heteroatoms. The number of nitrogens with one attached hydrogen (secondary N) is 1. The van der Waals surface area contributed by atoms with E-state index in [1.54, 1.807) is 0 Å². The zero-order valence-electron chi connectivity index (χ0n) is 10.6. The third kappa shape index (κ3) is 1.88. The second-order valence-corrected chi connectivity index (χ2v) is 6.05. The van der Waals surface area contributed by atoms with Crippen molar-refractivity contribution in [1.29, 1.82) is 0 Å². The minimum absolute atomic E-state index is 0.483. The summed E-state index contributed by atoms with van der Waals surface area (Å²) >= 11 is 1.83. The first-order valence-corrected chi connectivity index (χ1v) is 7.55.